The Balaban J connectivity index is 2.68. The van der Waals surface area contributed by atoms with Crippen LogP contribution < -0.4 is 11.1 Å². The van der Waals surface area contributed by atoms with E-state index in [1.54, 1.807) is 6.07 Å². The zero-order valence-corrected chi connectivity index (χ0v) is 11.7. The maximum absolute atomic E-state index is 5.56. The fourth-order valence-electron chi connectivity index (χ4n) is 1.32. The summed E-state index contributed by atoms with van der Waals surface area (Å²) in [4.78, 5) is 8.86. The first kappa shape index (κ1) is 13.8. The number of nitrogens with one attached hydrogen (secondary N) is 1. The molecule has 1 rings (SSSR count). The Kier molecular flexibility index (Phi) is 4.40. The fraction of sp³-hybridized carbons (Fsp3) is 0.583. The van der Waals surface area contributed by atoms with Crippen molar-refractivity contribution < 1.29 is 0 Å². The number of nitrogens with zero attached hydrogens (tertiary/aromatic N) is 2. The fourth-order valence-corrected chi connectivity index (χ4v) is 1.43. The van der Waals surface area contributed by atoms with Crippen LogP contribution in [0.1, 0.15) is 38.6 Å². The van der Waals surface area contributed by atoms with Gasteiger partial charge in [-0.1, -0.05) is 33.0 Å². The quantitative estimate of drug-likeness (QED) is 0.805. The SMILES string of the molecule is Cc1cc(C(N)=S)nc(NCCC(C)(C)C)n1. The molecule has 0 fully saturated rings. The van der Waals surface area contributed by atoms with Crippen LogP contribution in [0.5, 0.6) is 0 Å². The summed E-state index contributed by atoms with van der Waals surface area (Å²) in [6.07, 6.45) is 1.05. The van der Waals surface area contributed by atoms with Gasteiger partial charge in [0.05, 0.1) is 0 Å². The highest BCUT2D eigenvalue weighted by molar-refractivity contribution is 7.80. The standard InChI is InChI=1S/C12H20N4S/c1-8-7-9(10(13)17)16-11(15-8)14-6-5-12(2,3)4/h7H,5-6H2,1-4H3,(H2,13,17)(H,14,15,16). The van der Waals surface area contributed by atoms with Gasteiger partial charge in [-0.2, -0.15) is 0 Å². The molecule has 0 saturated heterocycles. The maximum Gasteiger partial charge on any atom is 0.223 e. The Hall–Kier alpha value is -1.23. The van der Waals surface area contributed by atoms with Crippen molar-refractivity contribution in [2.75, 3.05) is 11.9 Å². The van der Waals surface area contributed by atoms with Gasteiger partial charge in [0.15, 0.2) is 0 Å². The van der Waals surface area contributed by atoms with Crippen molar-refractivity contribution in [2.45, 2.75) is 34.1 Å². The molecule has 0 aliphatic carbocycles. The number of aryl methyl sites for hydroxylation is 1. The molecule has 0 spiro atoms. The summed E-state index contributed by atoms with van der Waals surface area (Å²) in [5.41, 5.74) is 7.34. The molecular formula is C12H20N4S. The predicted octanol–water partition coefficient (Wildman–Crippen LogP) is 2.27. The molecule has 0 saturated carbocycles. The van der Waals surface area contributed by atoms with E-state index in [4.69, 9.17) is 18.0 Å². The van der Waals surface area contributed by atoms with E-state index in [1.165, 1.54) is 0 Å². The minimum atomic E-state index is 0.294. The maximum atomic E-state index is 5.56. The molecule has 1 heterocycles. The number of hydrogen-bond donors (Lipinski definition) is 2. The molecule has 4 nitrogen and oxygen atoms in total. The molecule has 1 aromatic heterocycles. The van der Waals surface area contributed by atoms with Crippen LogP contribution in [0, 0.1) is 12.3 Å². The van der Waals surface area contributed by atoms with Crippen molar-refractivity contribution in [3.63, 3.8) is 0 Å². The molecule has 0 amide bonds. The number of thiocarbonyl (C=S) groups is 1. The molecule has 0 aliphatic heterocycles. The lowest BCUT2D eigenvalue weighted by molar-refractivity contribution is 0.389. The van der Waals surface area contributed by atoms with Gasteiger partial charge in [-0.15, -0.1) is 0 Å². The highest BCUT2D eigenvalue weighted by atomic mass is 32.1. The van der Waals surface area contributed by atoms with E-state index in [-0.39, 0.29) is 0 Å². The molecule has 3 N–H and O–H groups in total. The lowest BCUT2D eigenvalue weighted by Gasteiger charge is -2.18. The van der Waals surface area contributed by atoms with Gasteiger partial charge < -0.3 is 11.1 Å². The summed E-state index contributed by atoms with van der Waals surface area (Å²) >= 11 is 4.91. The van der Waals surface area contributed by atoms with Gasteiger partial charge in [0.1, 0.15) is 10.7 Å². The summed E-state index contributed by atoms with van der Waals surface area (Å²) in [5.74, 6) is 0.594. The van der Waals surface area contributed by atoms with Gasteiger partial charge in [-0.25, -0.2) is 9.97 Å². The van der Waals surface area contributed by atoms with Crippen LogP contribution in [0.2, 0.25) is 0 Å². The minimum Gasteiger partial charge on any atom is -0.388 e. The lowest BCUT2D eigenvalue weighted by atomic mass is 9.92. The predicted molar refractivity (Wildman–Crippen MR) is 75.2 cm³/mol. The van der Waals surface area contributed by atoms with Crippen LogP contribution in [0.25, 0.3) is 0 Å². The lowest BCUT2D eigenvalue weighted by Crippen LogP contribution is -2.17. The Bertz CT molecular complexity index is 409. The summed E-state index contributed by atoms with van der Waals surface area (Å²) in [6, 6.07) is 1.79. The zero-order chi connectivity index (χ0) is 13.1. The average Bonchev–Trinajstić information content (AvgIpc) is 2.14. The number of aromatic nitrogens is 2. The van der Waals surface area contributed by atoms with Crippen molar-refractivity contribution >= 4 is 23.2 Å². The van der Waals surface area contributed by atoms with E-state index < -0.39 is 0 Å². The number of nitrogens with two attached hydrogens (primary N) is 1. The molecule has 0 atom stereocenters. The first-order valence-corrected chi connectivity index (χ1v) is 6.08. The minimum absolute atomic E-state index is 0.294. The van der Waals surface area contributed by atoms with Gasteiger partial charge in [0, 0.05) is 12.2 Å². The molecule has 0 aliphatic rings. The molecule has 0 unspecified atom stereocenters. The largest absolute Gasteiger partial charge is 0.388 e. The number of anilines is 1. The van der Waals surface area contributed by atoms with E-state index in [0.29, 0.717) is 22.0 Å². The monoisotopic (exact) mass is 252 g/mol. The van der Waals surface area contributed by atoms with Crippen LogP contribution >= 0.6 is 12.2 Å². The second kappa shape index (κ2) is 5.40. The number of rotatable bonds is 4. The van der Waals surface area contributed by atoms with Crippen molar-refractivity contribution in [3.05, 3.63) is 17.5 Å². The first-order chi connectivity index (χ1) is 7.78. The zero-order valence-electron chi connectivity index (χ0n) is 10.9. The van der Waals surface area contributed by atoms with Crippen molar-refractivity contribution in [3.8, 4) is 0 Å². The molecule has 1 aromatic rings. The Morgan fingerprint density at radius 2 is 2.06 bits per heavy atom. The van der Waals surface area contributed by atoms with Crippen LogP contribution in [-0.2, 0) is 0 Å². The first-order valence-electron chi connectivity index (χ1n) is 5.67. The third-order valence-electron chi connectivity index (χ3n) is 2.26. The summed E-state index contributed by atoms with van der Waals surface area (Å²) in [7, 11) is 0. The topological polar surface area (TPSA) is 63.8 Å². The molecule has 17 heavy (non-hydrogen) atoms. The van der Waals surface area contributed by atoms with Crippen LogP contribution in [0.3, 0.4) is 0 Å². The Morgan fingerprint density at radius 1 is 1.41 bits per heavy atom. The van der Waals surface area contributed by atoms with E-state index in [9.17, 15) is 0 Å². The van der Waals surface area contributed by atoms with Crippen molar-refractivity contribution in [1.82, 2.24) is 9.97 Å². The normalized spacial score (nSPS) is 11.3. The van der Waals surface area contributed by atoms with E-state index in [2.05, 4.69) is 36.1 Å². The number of hydrogen-bond acceptors (Lipinski definition) is 4. The van der Waals surface area contributed by atoms with Crippen molar-refractivity contribution in [1.29, 1.82) is 0 Å². The van der Waals surface area contributed by atoms with Crippen LogP contribution in [-0.4, -0.2) is 21.5 Å². The third-order valence-corrected chi connectivity index (χ3v) is 2.47. The molecule has 94 valence electrons. The second-order valence-electron chi connectivity index (χ2n) is 5.32. The molecule has 0 bridgehead atoms. The van der Waals surface area contributed by atoms with Gasteiger partial charge in [-0.05, 0) is 24.8 Å². The molecule has 0 aromatic carbocycles. The summed E-state index contributed by atoms with van der Waals surface area (Å²) < 4.78 is 0. The smallest absolute Gasteiger partial charge is 0.223 e. The summed E-state index contributed by atoms with van der Waals surface area (Å²) in [5, 5.41) is 3.20. The van der Waals surface area contributed by atoms with Gasteiger partial charge in [-0.3, -0.25) is 0 Å². The van der Waals surface area contributed by atoms with Gasteiger partial charge in [0.2, 0.25) is 5.95 Å². The highest BCUT2D eigenvalue weighted by Crippen LogP contribution is 2.18. The molecular weight excluding hydrogens is 232 g/mol. The molecule has 0 radical (unpaired) electrons. The van der Waals surface area contributed by atoms with E-state index in [0.717, 1.165) is 18.7 Å². The highest BCUT2D eigenvalue weighted by Gasteiger charge is 2.10. The van der Waals surface area contributed by atoms with Crippen LogP contribution in [0.4, 0.5) is 5.95 Å². The average molecular weight is 252 g/mol. The Morgan fingerprint density at radius 3 is 2.59 bits per heavy atom. The van der Waals surface area contributed by atoms with E-state index in [1.807, 2.05) is 6.92 Å². The van der Waals surface area contributed by atoms with Crippen LogP contribution in [0.15, 0.2) is 6.07 Å². The van der Waals surface area contributed by atoms with E-state index >= 15 is 0 Å². The molecule has 5 heteroatoms. The Labute approximate surface area is 108 Å². The summed E-state index contributed by atoms with van der Waals surface area (Å²) in [6.45, 7) is 9.34. The third kappa shape index (κ3) is 5.08. The van der Waals surface area contributed by atoms with Gasteiger partial charge >= 0.3 is 0 Å². The van der Waals surface area contributed by atoms with Gasteiger partial charge in [0.25, 0.3) is 0 Å². The second-order valence-corrected chi connectivity index (χ2v) is 5.76. The van der Waals surface area contributed by atoms with Crippen molar-refractivity contribution in [2.24, 2.45) is 11.1 Å².